The van der Waals surface area contributed by atoms with Gasteiger partial charge in [-0.1, -0.05) is 6.92 Å². The van der Waals surface area contributed by atoms with Crippen LogP contribution in [0.5, 0.6) is 0 Å². The van der Waals surface area contributed by atoms with E-state index < -0.39 is 5.41 Å². The molecule has 0 saturated carbocycles. The first-order valence-corrected chi connectivity index (χ1v) is 5.92. The zero-order valence-corrected chi connectivity index (χ0v) is 10.4. The van der Waals surface area contributed by atoms with Gasteiger partial charge < -0.3 is 9.64 Å². The van der Waals surface area contributed by atoms with Gasteiger partial charge in [-0.05, 0) is 26.7 Å². The molecule has 0 N–H and O–H groups in total. The summed E-state index contributed by atoms with van der Waals surface area (Å²) in [6.07, 6.45) is 2.32. The quantitative estimate of drug-likeness (QED) is 0.670. The molecule has 1 heterocycles. The van der Waals surface area contributed by atoms with E-state index in [0.29, 0.717) is 19.6 Å². The molecule has 0 aromatic carbocycles. The van der Waals surface area contributed by atoms with E-state index >= 15 is 0 Å². The molecule has 1 aliphatic rings. The van der Waals surface area contributed by atoms with Gasteiger partial charge in [0.1, 0.15) is 6.61 Å². The molecule has 1 rings (SSSR count). The Hall–Kier alpha value is -1.06. The molecule has 1 amide bonds. The number of esters is 1. The molecule has 92 valence electrons. The van der Waals surface area contributed by atoms with Gasteiger partial charge in [0.15, 0.2) is 0 Å². The average molecular weight is 227 g/mol. The summed E-state index contributed by atoms with van der Waals surface area (Å²) in [7, 11) is 0. The number of likely N-dealkylation sites (tertiary alicyclic amines) is 1. The predicted molar refractivity (Wildman–Crippen MR) is 60.8 cm³/mol. The molecule has 0 unspecified atom stereocenters. The van der Waals surface area contributed by atoms with E-state index in [1.807, 2.05) is 20.8 Å². The fraction of sp³-hybridized carbons (Fsp3) is 0.833. The number of nitrogens with zero attached hydrogens (tertiary/aromatic N) is 1. The molecular formula is C12H21NO3. The topological polar surface area (TPSA) is 46.6 Å². The molecule has 0 bridgehead atoms. The first kappa shape index (κ1) is 13.0. The van der Waals surface area contributed by atoms with Crippen molar-refractivity contribution in [3.8, 4) is 0 Å². The monoisotopic (exact) mass is 227 g/mol. The third-order valence-electron chi connectivity index (χ3n) is 3.20. The lowest BCUT2D eigenvalue weighted by Crippen LogP contribution is -2.32. The lowest BCUT2D eigenvalue weighted by Gasteiger charge is -2.21. The molecule has 1 fully saturated rings. The Morgan fingerprint density at radius 1 is 1.50 bits per heavy atom. The van der Waals surface area contributed by atoms with E-state index in [4.69, 9.17) is 4.74 Å². The number of carbonyl (C=O) groups is 2. The van der Waals surface area contributed by atoms with Gasteiger partial charge >= 0.3 is 5.97 Å². The van der Waals surface area contributed by atoms with Crippen LogP contribution in [0.15, 0.2) is 0 Å². The number of carbonyl (C=O) groups excluding carboxylic acids is 2. The second-order valence-electron chi connectivity index (χ2n) is 4.86. The molecular weight excluding hydrogens is 206 g/mol. The van der Waals surface area contributed by atoms with E-state index in [-0.39, 0.29) is 11.9 Å². The average Bonchev–Trinajstić information content (AvgIpc) is 2.64. The maximum Gasteiger partial charge on any atom is 0.311 e. The minimum absolute atomic E-state index is 0.172. The summed E-state index contributed by atoms with van der Waals surface area (Å²) in [5, 5.41) is 0. The molecule has 1 saturated heterocycles. The van der Waals surface area contributed by atoms with Crippen LogP contribution in [0.1, 0.15) is 40.0 Å². The van der Waals surface area contributed by atoms with Gasteiger partial charge in [-0.25, -0.2) is 0 Å². The number of ether oxygens (including phenoxy) is 1. The molecule has 0 aromatic rings. The fourth-order valence-electron chi connectivity index (χ4n) is 1.53. The van der Waals surface area contributed by atoms with Crippen molar-refractivity contribution in [3.63, 3.8) is 0 Å². The summed E-state index contributed by atoms with van der Waals surface area (Å²) < 4.78 is 5.18. The Morgan fingerprint density at radius 3 is 2.69 bits per heavy atom. The van der Waals surface area contributed by atoms with Crippen LogP contribution in [0, 0.1) is 5.41 Å². The molecule has 0 aliphatic carbocycles. The molecule has 4 heteroatoms. The predicted octanol–water partition coefficient (Wildman–Crippen LogP) is 1.59. The van der Waals surface area contributed by atoms with Crippen molar-refractivity contribution in [2.75, 3.05) is 19.7 Å². The van der Waals surface area contributed by atoms with E-state index in [0.717, 1.165) is 19.4 Å². The van der Waals surface area contributed by atoms with Crippen molar-refractivity contribution in [2.45, 2.75) is 40.0 Å². The highest BCUT2D eigenvalue weighted by Gasteiger charge is 2.27. The first-order valence-electron chi connectivity index (χ1n) is 5.92. The SMILES string of the molecule is CCC(C)(C)C(=O)OCCN1CCCC1=O. The molecule has 0 aromatic heterocycles. The summed E-state index contributed by atoms with van der Waals surface area (Å²) >= 11 is 0. The zero-order valence-electron chi connectivity index (χ0n) is 10.4. The van der Waals surface area contributed by atoms with Crippen molar-refractivity contribution < 1.29 is 14.3 Å². The Bertz CT molecular complexity index is 273. The smallest absolute Gasteiger partial charge is 0.311 e. The van der Waals surface area contributed by atoms with E-state index in [1.54, 1.807) is 4.90 Å². The van der Waals surface area contributed by atoms with Crippen LogP contribution in [-0.4, -0.2) is 36.5 Å². The van der Waals surface area contributed by atoms with Crippen molar-refractivity contribution >= 4 is 11.9 Å². The van der Waals surface area contributed by atoms with E-state index in [2.05, 4.69) is 0 Å². The Kier molecular flexibility index (Phi) is 4.33. The largest absolute Gasteiger partial charge is 0.463 e. The zero-order chi connectivity index (χ0) is 12.2. The highest BCUT2D eigenvalue weighted by molar-refractivity contribution is 5.78. The van der Waals surface area contributed by atoms with Crippen molar-refractivity contribution in [1.82, 2.24) is 4.90 Å². The van der Waals surface area contributed by atoms with Crippen LogP contribution in [-0.2, 0) is 14.3 Å². The van der Waals surface area contributed by atoms with Crippen molar-refractivity contribution in [2.24, 2.45) is 5.41 Å². The summed E-state index contributed by atoms with van der Waals surface area (Å²) in [6, 6.07) is 0. The molecule has 0 atom stereocenters. The molecule has 1 aliphatic heterocycles. The summed E-state index contributed by atoms with van der Waals surface area (Å²) in [4.78, 5) is 24.7. The second kappa shape index (κ2) is 5.32. The first-order chi connectivity index (χ1) is 7.47. The van der Waals surface area contributed by atoms with E-state index in [9.17, 15) is 9.59 Å². The minimum atomic E-state index is -0.422. The summed E-state index contributed by atoms with van der Waals surface area (Å²) in [6.45, 7) is 7.35. The van der Waals surface area contributed by atoms with Crippen LogP contribution in [0.4, 0.5) is 0 Å². The fourth-order valence-corrected chi connectivity index (χ4v) is 1.53. The number of hydrogen-bond donors (Lipinski definition) is 0. The standard InChI is InChI=1S/C12H21NO3/c1-4-12(2,3)11(15)16-9-8-13-7-5-6-10(13)14/h4-9H2,1-3H3. The van der Waals surface area contributed by atoms with E-state index in [1.165, 1.54) is 0 Å². The number of hydrogen-bond acceptors (Lipinski definition) is 3. The number of rotatable bonds is 5. The normalized spacial score (nSPS) is 16.7. The van der Waals surface area contributed by atoms with Crippen LogP contribution in [0.25, 0.3) is 0 Å². The highest BCUT2D eigenvalue weighted by Crippen LogP contribution is 2.21. The Balaban J connectivity index is 2.25. The Labute approximate surface area is 96.9 Å². The van der Waals surface area contributed by atoms with Gasteiger partial charge in [0.25, 0.3) is 0 Å². The van der Waals surface area contributed by atoms with Gasteiger partial charge in [0.05, 0.1) is 12.0 Å². The molecule has 0 radical (unpaired) electrons. The summed E-state index contributed by atoms with van der Waals surface area (Å²) in [5.41, 5.74) is -0.422. The van der Waals surface area contributed by atoms with Gasteiger partial charge in [0.2, 0.25) is 5.91 Å². The molecule has 0 spiro atoms. The maximum atomic E-state index is 11.6. The van der Waals surface area contributed by atoms with Gasteiger partial charge in [-0.3, -0.25) is 9.59 Å². The van der Waals surface area contributed by atoms with Gasteiger partial charge in [-0.2, -0.15) is 0 Å². The summed E-state index contributed by atoms with van der Waals surface area (Å²) in [5.74, 6) is -0.00699. The minimum Gasteiger partial charge on any atom is -0.463 e. The Morgan fingerprint density at radius 2 is 2.19 bits per heavy atom. The second-order valence-corrected chi connectivity index (χ2v) is 4.86. The lowest BCUT2D eigenvalue weighted by atomic mass is 9.91. The number of amides is 1. The lowest BCUT2D eigenvalue weighted by molar-refractivity contribution is -0.155. The maximum absolute atomic E-state index is 11.6. The third-order valence-corrected chi connectivity index (χ3v) is 3.20. The van der Waals surface area contributed by atoms with Crippen LogP contribution in [0.2, 0.25) is 0 Å². The van der Waals surface area contributed by atoms with Crippen LogP contribution < -0.4 is 0 Å². The van der Waals surface area contributed by atoms with Gasteiger partial charge in [-0.15, -0.1) is 0 Å². The van der Waals surface area contributed by atoms with Crippen LogP contribution >= 0.6 is 0 Å². The van der Waals surface area contributed by atoms with Gasteiger partial charge in [0, 0.05) is 13.0 Å². The van der Waals surface area contributed by atoms with Crippen molar-refractivity contribution in [1.29, 1.82) is 0 Å². The van der Waals surface area contributed by atoms with Crippen molar-refractivity contribution in [3.05, 3.63) is 0 Å². The van der Waals surface area contributed by atoms with Crippen LogP contribution in [0.3, 0.4) is 0 Å². The molecule has 16 heavy (non-hydrogen) atoms. The molecule has 4 nitrogen and oxygen atoms in total. The highest BCUT2D eigenvalue weighted by atomic mass is 16.5. The third kappa shape index (κ3) is 3.22.